The fourth-order valence-corrected chi connectivity index (χ4v) is 2.76. The third kappa shape index (κ3) is 4.13. The Morgan fingerprint density at radius 3 is 2.91 bits per heavy atom. The minimum atomic E-state index is -0.301. The zero-order valence-corrected chi connectivity index (χ0v) is 12.8. The lowest BCUT2D eigenvalue weighted by Gasteiger charge is -2.25. The molecule has 4 nitrogen and oxygen atoms in total. The molecule has 0 bridgehead atoms. The van der Waals surface area contributed by atoms with Crippen LogP contribution in [0.3, 0.4) is 0 Å². The molecular formula is C18H19FN2O2. The van der Waals surface area contributed by atoms with Crippen LogP contribution in [0.5, 0.6) is 0 Å². The van der Waals surface area contributed by atoms with Crippen LogP contribution >= 0.6 is 0 Å². The number of ether oxygens (including phenoxy) is 1. The zero-order valence-electron chi connectivity index (χ0n) is 12.8. The summed E-state index contributed by atoms with van der Waals surface area (Å²) in [6.07, 6.45) is 3.58. The van der Waals surface area contributed by atoms with Gasteiger partial charge in [0, 0.05) is 25.9 Å². The number of pyridine rings is 1. The molecule has 5 heteroatoms. The van der Waals surface area contributed by atoms with E-state index >= 15 is 0 Å². The van der Waals surface area contributed by atoms with Crippen molar-refractivity contribution in [2.45, 2.75) is 25.5 Å². The Morgan fingerprint density at radius 2 is 2.22 bits per heavy atom. The van der Waals surface area contributed by atoms with E-state index in [9.17, 15) is 9.18 Å². The Labute approximate surface area is 134 Å². The van der Waals surface area contributed by atoms with Crippen molar-refractivity contribution < 1.29 is 13.9 Å². The first kappa shape index (κ1) is 15.6. The number of hydrogen-bond acceptors (Lipinski definition) is 3. The summed E-state index contributed by atoms with van der Waals surface area (Å²) < 4.78 is 19.0. The van der Waals surface area contributed by atoms with Crippen LogP contribution in [0, 0.1) is 5.82 Å². The largest absolute Gasteiger partial charge is 0.376 e. The van der Waals surface area contributed by atoms with Gasteiger partial charge in [-0.25, -0.2) is 4.39 Å². The van der Waals surface area contributed by atoms with Crippen LogP contribution in [0.4, 0.5) is 4.39 Å². The maximum Gasteiger partial charge on any atom is 0.272 e. The highest BCUT2D eigenvalue weighted by molar-refractivity contribution is 5.92. The molecule has 1 atom stereocenters. The Kier molecular flexibility index (Phi) is 4.98. The molecule has 1 aromatic carbocycles. The second kappa shape index (κ2) is 7.33. The first-order valence-electron chi connectivity index (χ1n) is 7.79. The average Bonchev–Trinajstić information content (AvgIpc) is 3.07. The monoisotopic (exact) mass is 314 g/mol. The van der Waals surface area contributed by atoms with Gasteiger partial charge in [0.25, 0.3) is 5.91 Å². The van der Waals surface area contributed by atoms with E-state index < -0.39 is 0 Å². The molecule has 1 saturated heterocycles. The smallest absolute Gasteiger partial charge is 0.272 e. The highest BCUT2D eigenvalue weighted by atomic mass is 19.1. The van der Waals surface area contributed by atoms with Crippen molar-refractivity contribution in [3.05, 3.63) is 65.7 Å². The average molecular weight is 314 g/mol. The minimum Gasteiger partial charge on any atom is -0.376 e. The molecule has 1 fully saturated rings. The summed E-state index contributed by atoms with van der Waals surface area (Å²) in [5.74, 6) is -0.463. The van der Waals surface area contributed by atoms with Crippen LogP contribution in [-0.2, 0) is 11.3 Å². The summed E-state index contributed by atoms with van der Waals surface area (Å²) in [5, 5.41) is 0. The van der Waals surface area contributed by atoms with Gasteiger partial charge >= 0.3 is 0 Å². The molecule has 0 spiro atoms. The van der Waals surface area contributed by atoms with Crippen molar-refractivity contribution in [2.24, 2.45) is 0 Å². The molecule has 120 valence electrons. The number of rotatable bonds is 5. The van der Waals surface area contributed by atoms with E-state index in [-0.39, 0.29) is 17.8 Å². The van der Waals surface area contributed by atoms with Gasteiger partial charge in [0.15, 0.2) is 0 Å². The molecule has 1 aromatic heterocycles. The van der Waals surface area contributed by atoms with Gasteiger partial charge in [-0.2, -0.15) is 0 Å². The quantitative estimate of drug-likeness (QED) is 0.852. The molecule has 2 heterocycles. The van der Waals surface area contributed by atoms with E-state index in [2.05, 4.69) is 4.98 Å². The van der Waals surface area contributed by atoms with Crippen molar-refractivity contribution in [2.75, 3.05) is 13.2 Å². The number of halogens is 1. The predicted molar refractivity (Wildman–Crippen MR) is 84.4 cm³/mol. The zero-order chi connectivity index (χ0) is 16.1. The summed E-state index contributed by atoms with van der Waals surface area (Å²) >= 11 is 0. The predicted octanol–water partition coefficient (Wildman–Crippen LogP) is 3.04. The SMILES string of the molecule is O=C(c1ccccn1)N(Cc1cccc(F)c1)C[C@H]1CCCO1. The molecule has 23 heavy (non-hydrogen) atoms. The second-order valence-electron chi connectivity index (χ2n) is 5.67. The lowest BCUT2D eigenvalue weighted by atomic mass is 10.1. The van der Waals surface area contributed by atoms with Crippen LogP contribution in [0.15, 0.2) is 48.7 Å². The third-order valence-corrected chi connectivity index (χ3v) is 3.88. The Hall–Kier alpha value is -2.27. The maximum absolute atomic E-state index is 13.4. The molecular weight excluding hydrogens is 295 g/mol. The molecule has 3 rings (SSSR count). The van der Waals surface area contributed by atoms with Crippen molar-refractivity contribution in [1.29, 1.82) is 0 Å². The van der Waals surface area contributed by atoms with Crippen molar-refractivity contribution in [1.82, 2.24) is 9.88 Å². The van der Waals surface area contributed by atoms with Crippen LogP contribution < -0.4 is 0 Å². The normalized spacial score (nSPS) is 17.2. The van der Waals surface area contributed by atoms with Gasteiger partial charge < -0.3 is 9.64 Å². The first-order chi connectivity index (χ1) is 11.2. The number of benzene rings is 1. The number of amides is 1. The van der Waals surface area contributed by atoms with Crippen LogP contribution in [0.1, 0.15) is 28.9 Å². The van der Waals surface area contributed by atoms with Crippen LogP contribution in [-0.4, -0.2) is 35.0 Å². The lowest BCUT2D eigenvalue weighted by molar-refractivity contribution is 0.0502. The van der Waals surface area contributed by atoms with Gasteiger partial charge in [0.2, 0.25) is 0 Å². The van der Waals surface area contributed by atoms with Gasteiger partial charge in [-0.1, -0.05) is 18.2 Å². The Balaban J connectivity index is 1.79. The fourth-order valence-electron chi connectivity index (χ4n) is 2.76. The highest BCUT2D eigenvalue weighted by Gasteiger charge is 2.24. The van der Waals surface area contributed by atoms with Crippen LogP contribution in [0.25, 0.3) is 0 Å². The number of nitrogens with zero attached hydrogens (tertiary/aromatic N) is 2. The fraction of sp³-hybridized carbons (Fsp3) is 0.333. The van der Waals surface area contributed by atoms with E-state index in [4.69, 9.17) is 4.74 Å². The van der Waals surface area contributed by atoms with Gasteiger partial charge in [0.05, 0.1) is 6.10 Å². The molecule has 1 aliphatic heterocycles. The van der Waals surface area contributed by atoms with E-state index in [0.29, 0.717) is 18.8 Å². The molecule has 0 aliphatic carbocycles. The third-order valence-electron chi connectivity index (χ3n) is 3.88. The van der Waals surface area contributed by atoms with Gasteiger partial charge in [-0.05, 0) is 42.7 Å². The Bertz CT molecular complexity index is 657. The van der Waals surface area contributed by atoms with Gasteiger partial charge in [-0.15, -0.1) is 0 Å². The number of carbonyl (C=O) groups is 1. The number of carbonyl (C=O) groups excluding carboxylic acids is 1. The summed E-state index contributed by atoms with van der Waals surface area (Å²) in [4.78, 5) is 18.6. The summed E-state index contributed by atoms with van der Waals surface area (Å²) in [6, 6.07) is 11.6. The summed E-state index contributed by atoms with van der Waals surface area (Å²) in [5.41, 5.74) is 1.15. The van der Waals surface area contributed by atoms with E-state index in [1.165, 1.54) is 12.1 Å². The summed E-state index contributed by atoms with van der Waals surface area (Å²) in [6.45, 7) is 1.56. The van der Waals surface area contributed by atoms with Crippen molar-refractivity contribution in [3.63, 3.8) is 0 Å². The number of hydrogen-bond donors (Lipinski definition) is 0. The first-order valence-corrected chi connectivity index (χ1v) is 7.79. The van der Waals surface area contributed by atoms with Crippen LogP contribution in [0.2, 0.25) is 0 Å². The van der Waals surface area contributed by atoms with E-state index in [1.54, 1.807) is 35.4 Å². The molecule has 0 N–H and O–H groups in total. The second-order valence-corrected chi connectivity index (χ2v) is 5.67. The highest BCUT2D eigenvalue weighted by Crippen LogP contribution is 2.17. The number of aromatic nitrogens is 1. The molecule has 2 aromatic rings. The topological polar surface area (TPSA) is 42.4 Å². The molecule has 0 radical (unpaired) electrons. The molecule has 0 unspecified atom stereocenters. The van der Waals surface area contributed by atoms with Gasteiger partial charge in [-0.3, -0.25) is 9.78 Å². The molecule has 1 aliphatic rings. The molecule has 0 saturated carbocycles. The van der Waals surface area contributed by atoms with E-state index in [0.717, 1.165) is 25.0 Å². The van der Waals surface area contributed by atoms with Crippen molar-refractivity contribution >= 4 is 5.91 Å². The lowest BCUT2D eigenvalue weighted by Crippen LogP contribution is -2.37. The summed E-state index contributed by atoms with van der Waals surface area (Å²) in [7, 11) is 0. The standard InChI is InChI=1S/C18H19FN2O2/c19-15-6-3-5-14(11-15)12-21(13-16-7-4-10-23-16)18(22)17-8-1-2-9-20-17/h1-3,5-6,8-9,11,16H,4,7,10,12-13H2/t16-/m1/s1. The van der Waals surface area contributed by atoms with E-state index in [1.807, 2.05) is 6.07 Å². The minimum absolute atomic E-state index is 0.0382. The maximum atomic E-state index is 13.4. The van der Waals surface area contributed by atoms with Gasteiger partial charge in [0.1, 0.15) is 11.5 Å². The molecule has 1 amide bonds. The van der Waals surface area contributed by atoms with Crippen molar-refractivity contribution in [3.8, 4) is 0 Å². The Morgan fingerprint density at radius 1 is 1.30 bits per heavy atom.